The van der Waals surface area contributed by atoms with Crippen molar-refractivity contribution in [1.82, 2.24) is 5.06 Å². The first kappa shape index (κ1) is 9.95. The topological polar surface area (TPSA) is 57.6 Å². The van der Waals surface area contributed by atoms with Crippen molar-refractivity contribution in [3.05, 3.63) is 41.6 Å². The van der Waals surface area contributed by atoms with Crippen LogP contribution >= 0.6 is 11.8 Å². The van der Waals surface area contributed by atoms with E-state index in [1.165, 1.54) is 6.08 Å². The first-order valence-electron chi connectivity index (χ1n) is 4.20. The van der Waals surface area contributed by atoms with Crippen LogP contribution in [-0.4, -0.2) is 20.6 Å². The SMILES string of the molecule is O=C1SC(=O)N(O)/C1=C\c1ccccc1. The Bertz CT molecular complexity index is 441. The van der Waals surface area contributed by atoms with Gasteiger partial charge in [-0.25, -0.2) is 0 Å². The Labute approximate surface area is 90.1 Å². The van der Waals surface area contributed by atoms with Gasteiger partial charge >= 0.3 is 5.24 Å². The van der Waals surface area contributed by atoms with Crippen LogP contribution in [0.25, 0.3) is 6.08 Å². The standard InChI is InChI=1S/C10H7NO3S/c12-9-8(11(14)10(13)15-9)6-7-4-2-1-3-5-7/h1-6,14H/b8-6-. The molecule has 5 heteroatoms. The lowest BCUT2D eigenvalue weighted by molar-refractivity contribution is -0.111. The Kier molecular flexibility index (Phi) is 2.57. The van der Waals surface area contributed by atoms with Crippen molar-refractivity contribution in [3.8, 4) is 0 Å². The number of rotatable bonds is 1. The lowest BCUT2D eigenvalue weighted by atomic mass is 10.2. The average molecular weight is 221 g/mol. The smallest absolute Gasteiger partial charge is 0.280 e. The molecule has 0 spiro atoms. The van der Waals surface area contributed by atoms with Crippen molar-refractivity contribution >= 4 is 28.2 Å². The van der Waals surface area contributed by atoms with Crippen LogP contribution in [0.15, 0.2) is 36.0 Å². The molecule has 0 saturated carbocycles. The lowest BCUT2D eigenvalue weighted by Gasteiger charge is -2.04. The molecule has 1 fully saturated rings. The van der Waals surface area contributed by atoms with Crippen LogP contribution in [0.2, 0.25) is 0 Å². The Morgan fingerprint density at radius 1 is 1.20 bits per heavy atom. The molecular weight excluding hydrogens is 214 g/mol. The number of carbonyl (C=O) groups excluding carboxylic acids is 2. The number of nitrogens with zero attached hydrogens (tertiary/aromatic N) is 1. The fraction of sp³-hybridized carbons (Fsp3) is 0. The van der Waals surface area contributed by atoms with Crippen LogP contribution in [-0.2, 0) is 4.79 Å². The van der Waals surface area contributed by atoms with Gasteiger partial charge < -0.3 is 0 Å². The number of hydrogen-bond donors (Lipinski definition) is 1. The predicted molar refractivity (Wildman–Crippen MR) is 56.0 cm³/mol. The van der Waals surface area contributed by atoms with Crippen LogP contribution < -0.4 is 0 Å². The second kappa shape index (κ2) is 3.88. The van der Waals surface area contributed by atoms with Crippen molar-refractivity contribution in [1.29, 1.82) is 0 Å². The van der Waals surface area contributed by atoms with Crippen molar-refractivity contribution in [2.24, 2.45) is 0 Å². The van der Waals surface area contributed by atoms with Gasteiger partial charge in [-0.1, -0.05) is 30.3 Å². The van der Waals surface area contributed by atoms with E-state index in [0.29, 0.717) is 16.8 Å². The summed E-state index contributed by atoms with van der Waals surface area (Å²) in [5, 5.41) is 8.53. The van der Waals surface area contributed by atoms with Gasteiger partial charge in [0.25, 0.3) is 0 Å². The Hall–Kier alpha value is -1.59. The molecule has 4 nitrogen and oxygen atoms in total. The normalized spacial score (nSPS) is 19.0. The number of hydroxylamine groups is 2. The number of amides is 1. The highest BCUT2D eigenvalue weighted by atomic mass is 32.2. The Morgan fingerprint density at radius 2 is 1.87 bits per heavy atom. The molecule has 1 heterocycles. The first-order chi connectivity index (χ1) is 7.18. The van der Waals surface area contributed by atoms with Crippen molar-refractivity contribution in [2.45, 2.75) is 0 Å². The molecule has 1 saturated heterocycles. The van der Waals surface area contributed by atoms with E-state index >= 15 is 0 Å². The van der Waals surface area contributed by atoms with Gasteiger partial charge in [0, 0.05) is 11.8 Å². The van der Waals surface area contributed by atoms with Crippen LogP contribution in [0.5, 0.6) is 0 Å². The molecule has 1 N–H and O–H groups in total. The maximum atomic E-state index is 11.3. The highest BCUT2D eigenvalue weighted by molar-refractivity contribution is 8.27. The summed E-state index contributed by atoms with van der Waals surface area (Å²) in [6.07, 6.45) is 1.47. The molecular formula is C10H7NO3S. The zero-order valence-corrected chi connectivity index (χ0v) is 8.40. The summed E-state index contributed by atoms with van der Waals surface area (Å²) in [5.74, 6) is 0. The fourth-order valence-electron chi connectivity index (χ4n) is 1.19. The number of thioether (sulfide) groups is 1. The van der Waals surface area contributed by atoms with Crippen molar-refractivity contribution < 1.29 is 14.8 Å². The predicted octanol–water partition coefficient (Wildman–Crippen LogP) is 2.11. The lowest BCUT2D eigenvalue weighted by Crippen LogP contribution is -2.16. The summed E-state index contributed by atoms with van der Waals surface area (Å²) in [5.41, 5.74) is 0.756. The largest absolute Gasteiger partial charge is 0.317 e. The van der Waals surface area contributed by atoms with Crippen LogP contribution in [0, 0.1) is 0 Å². The maximum Gasteiger partial charge on any atom is 0.317 e. The van der Waals surface area contributed by atoms with Gasteiger partial charge in [-0.05, 0) is 11.6 Å². The first-order valence-corrected chi connectivity index (χ1v) is 5.02. The summed E-state index contributed by atoms with van der Waals surface area (Å²) in [6, 6.07) is 9.02. The van der Waals surface area contributed by atoms with Gasteiger partial charge in [-0.3, -0.25) is 14.8 Å². The zero-order valence-electron chi connectivity index (χ0n) is 7.58. The van der Waals surface area contributed by atoms with Gasteiger partial charge in [0.15, 0.2) is 0 Å². The van der Waals surface area contributed by atoms with E-state index in [4.69, 9.17) is 0 Å². The van der Waals surface area contributed by atoms with E-state index in [2.05, 4.69) is 0 Å². The van der Waals surface area contributed by atoms with Gasteiger partial charge in [-0.2, -0.15) is 5.06 Å². The van der Waals surface area contributed by atoms with E-state index in [9.17, 15) is 14.8 Å². The quantitative estimate of drug-likeness (QED) is 0.583. The van der Waals surface area contributed by atoms with Gasteiger partial charge in [0.05, 0.1) is 0 Å². The van der Waals surface area contributed by atoms with Gasteiger partial charge in [-0.15, -0.1) is 0 Å². The molecule has 0 aromatic heterocycles. The minimum Gasteiger partial charge on any atom is -0.280 e. The van der Waals surface area contributed by atoms with Crippen LogP contribution in [0.1, 0.15) is 5.56 Å². The van der Waals surface area contributed by atoms with Crippen molar-refractivity contribution in [3.63, 3.8) is 0 Å². The summed E-state index contributed by atoms with van der Waals surface area (Å²) < 4.78 is 0. The fourth-order valence-corrected chi connectivity index (χ4v) is 1.78. The maximum absolute atomic E-state index is 11.3. The minimum atomic E-state index is -0.665. The van der Waals surface area contributed by atoms with E-state index in [-0.39, 0.29) is 5.70 Å². The molecule has 76 valence electrons. The van der Waals surface area contributed by atoms with E-state index in [1.807, 2.05) is 18.2 Å². The molecule has 1 amide bonds. The molecule has 0 aliphatic carbocycles. The zero-order chi connectivity index (χ0) is 10.8. The highest BCUT2D eigenvalue weighted by Crippen LogP contribution is 2.28. The van der Waals surface area contributed by atoms with E-state index in [0.717, 1.165) is 5.56 Å². The minimum absolute atomic E-state index is 0.00352. The molecule has 0 unspecified atom stereocenters. The monoisotopic (exact) mass is 221 g/mol. The molecule has 1 aliphatic heterocycles. The summed E-state index contributed by atoms with van der Waals surface area (Å²) in [7, 11) is 0. The Balaban J connectivity index is 2.35. The third kappa shape index (κ3) is 1.93. The second-order valence-electron chi connectivity index (χ2n) is 2.91. The molecule has 0 atom stereocenters. The molecule has 1 aliphatic rings. The van der Waals surface area contributed by atoms with Crippen LogP contribution in [0.3, 0.4) is 0 Å². The molecule has 0 bridgehead atoms. The molecule has 2 rings (SSSR count). The summed E-state index contributed by atoms with van der Waals surface area (Å²) in [6.45, 7) is 0. The third-order valence-corrected chi connectivity index (χ3v) is 2.64. The number of benzene rings is 1. The third-order valence-electron chi connectivity index (χ3n) is 1.89. The summed E-state index contributed by atoms with van der Waals surface area (Å²) >= 11 is 0.486. The molecule has 0 radical (unpaired) electrons. The second-order valence-corrected chi connectivity index (χ2v) is 3.83. The average Bonchev–Trinajstić information content (AvgIpc) is 2.47. The van der Waals surface area contributed by atoms with Gasteiger partial charge in [0.2, 0.25) is 5.12 Å². The molecule has 1 aromatic rings. The number of carbonyl (C=O) groups is 2. The summed E-state index contributed by atoms with van der Waals surface area (Å²) in [4.78, 5) is 22.2. The molecule has 15 heavy (non-hydrogen) atoms. The Morgan fingerprint density at radius 3 is 2.40 bits per heavy atom. The highest BCUT2D eigenvalue weighted by Gasteiger charge is 2.33. The molecule has 1 aromatic carbocycles. The van der Waals surface area contributed by atoms with Crippen LogP contribution in [0.4, 0.5) is 4.79 Å². The van der Waals surface area contributed by atoms with Gasteiger partial charge in [0.1, 0.15) is 5.70 Å². The van der Waals surface area contributed by atoms with Crippen molar-refractivity contribution in [2.75, 3.05) is 0 Å². The van der Waals surface area contributed by atoms with E-state index < -0.39 is 10.4 Å². The number of hydrogen-bond acceptors (Lipinski definition) is 4. The van der Waals surface area contributed by atoms with E-state index in [1.54, 1.807) is 12.1 Å².